The number of aryl methyl sites for hydroxylation is 1. The van der Waals surface area contributed by atoms with Gasteiger partial charge in [-0.2, -0.15) is 8.78 Å². The molecule has 0 amide bonds. The number of alkyl halides is 2. The molecule has 0 bridgehead atoms. The second kappa shape index (κ2) is 4.04. The maximum Gasteiger partial charge on any atom is 0.321 e. The number of fused-ring (bicyclic) bond motifs is 1. The van der Waals surface area contributed by atoms with Crippen molar-refractivity contribution in [2.75, 3.05) is 0 Å². The molecule has 2 nitrogen and oxygen atoms in total. The molecule has 82 valence electrons. The van der Waals surface area contributed by atoms with Crippen molar-refractivity contribution in [3.63, 3.8) is 0 Å². The van der Waals surface area contributed by atoms with E-state index in [1.807, 2.05) is 0 Å². The van der Waals surface area contributed by atoms with E-state index in [-0.39, 0.29) is 4.47 Å². The molecule has 15 heavy (non-hydrogen) atoms. The van der Waals surface area contributed by atoms with E-state index in [1.54, 1.807) is 6.07 Å². The second-order valence-corrected chi connectivity index (χ2v) is 4.48. The second-order valence-electron chi connectivity index (χ2n) is 3.62. The van der Waals surface area contributed by atoms with Gasteiger partial charge in [-0.3, -0.25) is 9.36 Å². The lowest BCUT2D eigenvalue weighted by molar-refractivity contribution is 0.0621. The first-order chi connectivity index (χ1) is 7.11. The first-order valence-electron chi connectivity index (χ1n) is 4.82. The van der Waals surface area contributed by atoms with Crippen LogP contribution in [0.4, 0.5) is 8.78 Å². The summed E-state index contributed by atoms with van der Waals surface area (Å²) in [5, 5.41) is 0. The van der Waals surface area contributed by atoms with Gasteiger partial charge >= 0.3 is 6.55 Å². The predicted molar refractivity (Wildman–Crippen MR) is 56.3 cm³/mol. The number of hydrogen-bond donors (Lipinski definition) is 0. The molecular formula is C10H10BrF2NO. The topological polar surface area (TPSA) is 22.0 Å². The van der Waals surface area contributed by atoms with Gasteiger partial charge in [0.25, 0.3) is 5.56 Å². The highest BCUT2D eigenvalue weighted by Crippen LogP contribution is 2.25. The minimum absolute atomic E-state index is 0.225. The largest absolute Gasteiger partial charge is 0.321 e. The van der Waals surface area contributed by atoms with Gasteiger partial charge in [-0.05, 0) is 53.2 Å². The zero-order valence-corrected chi connectivity index (χ0v) is 9.56. The van der Waals surface area contributed by atoms with Crippen LogP contribution in [-0.2, 0) is 12.8 Å². The van der Waals surface area contributed by atoms with E-state index in [0.29, 0.717) is 16.7 Å². The molecule has 0 saturated heterocycles. The van der Waals surface area contributed by atoms with Crippen LogP contribution in [0.3, 0.4) is 0 Å². The van der Waals surface area contributed by atoms with Gasteiger partial charge in [-0.25, -0.2) is 0 Å². The number of rotatable bonds is 1. The Hall–Kier alpha value is -0.710. The van der Waals surface area contributed by atoms with Gasteiger partial charge < -0.3 is 0 Å². The van der Waals surface area contributed by atoms with Crippen LogP contribution in [0.25, 0.3) is 0 Å². The Morgan fingerprint density at radius 3 is 2.67 bits per heavy atom. The Balaban J connectivity index is 2.69. The minimum Gasteiger partial charge on any atom is -0.268 e. The van der Waals surface area contributed by atoms with E-state index in [2.05, 4.69) is 15.9 Å². The zero-order valence-electron chi connectivity index (χ0n) is 7.97. The van der Waals surface area contributed by atoms with Gasteiger partial charge in [-0.1, -0.05) is 0 Å². The highest BCUT2D eigenvalue weighted by Gasteiger charge is 2.21. The number of aromatic nitrogens is 1. The van der Waals surface area contributed by atoms with Crippen LogP contribution in [0.15, 0.2) is 15.3 Å². The summed E-state index contributed by atoms with van der Waals surface area (Å²) in [5.74, 6) is 0. The van der Waals surface area contributed by atoms with Crippen LogP contribution in [0.2, 0.25) is 0 Å². The van der Waals surface area contributed by atoms with E-state index in [1.165, 1.54) is 0 Å². The molecule has 1 aromatic heterocycles. The summed E-state index contributed by atoms with van der Waals surface area (Å²) in [7, 11) is 0. The molecule has 0 unspecified atom stereocenters. The summed E-state index contributed by atoms with van der Waals surface area (Å²) in [6.45, 7) is -2.75. The SMILES string of the molecule is O=c1c(Br)cc2c(n1C(F)F)CCCC2. The third kappa shape index (κ3) is 1.85. The van der Waals surface area contributed by atoms with Crippen molar-refractivity contribution in [1.29, 1.82) is 0 Å². The third-order valence-electron chi connectivity index (χ3n) is 2.69. The molecule has 5 heteroatoms. The number of hydrogen-bond acceptors (Lipinski definition) is 1. The lowest BCUT2D eigenvalue weighted by atomic mass is 9.96. The minimum atomic E-state index is -2.75. The van der Waals surface area contributed by atoms with Gasteiger partial charge in [0.2, 0.25) is 0 Å². The Morgan fingerprint density at radius 1 is 1.33 bits per heavy atom. The maximum absolute atomic E-state index is 12.7. The Morgan fingerprint density at radius 2 is 2.00 bits per heavy atom. The first kappa shape index (κ1) is 10.8. The van der Waals surface area contributed by atoms with E-state index in [9.17, 15) is 13.6 Å². The number of pyridine rings is 1. The van der Waals surface area contributed by atoms with Crippen molar-refractivity contribution in [3.05, 3.63) is 32.2 Å². The standard InChI is InChI=1S/C10H10BrF2NO/c11-7-5-6-3-1-2-4-8(6)14(9(7)15)10(12)13/h5,10H,1-4H2. The number of halogens is 3. The van der Waals surface area contributed by atoms with Crippen LogP contribution >= 0.6 is 15.9 Å². The maximum atomic E-state index is 12.7. The highest BCUT2D eigenvalue weighted by atomic mass is 79.9. The summed E-state index contributed by atoms with van der Waals surface area (Å²) in [5.41, 5.74) is 0.739. The first-order valence-corrected chi connectivity index (χ1v) is 5.61. The average molecular weight is 278 g/mol. The molecule has 0 radical (unpaired) electrons. The van der Waals surface area contributed by atoms with Crippen molar-refractivity contribution >= 4 is 15.9 Å². The van der Waals surface area contributed by atoms with Crippen LogP contribution in [0.5, 0.6) is 0 Å². The smallest absolute Gasteiger partial charge is 0.268 e. The van der Waals surface area contributed by atoms with Crippen molar-refractivity contribution in [2.24, 2.45) is 0 Å². The van der Waals surface area contributed by atoms with E-state index >= 15 is 0 Å². The molecule has 1 aromatic rings. The van der Waals surface area contributed by atoms with Crippen LogP contribution < -0.4 is 5.56 Å². The molecule has 0 aliphatic heterocycles. The molecule has 1 aliphatic carbocycles. The fraction of sp³-hybridized carbons (Fsp3) is 0.500. The lowest BCUT2D eigenvalue weighted by Gasteiger charge is -2.20. The summed E-state index contributed by atoms with van der Waals surface area (Å²) in [4.78, 5) is 11.5. The molecule has 0 spiro atoms. The monoisotopic (exact) mass is 277 g/mol. The van der Waals surface area contributed by atoms with Gasteiger partial charge in [-0.15, -0.1) is 0 Å². The van der Waals surface area contributed by atoms with Crippen molar-refractivity contribution in [3.8, 4) is 0 Å². The van der Waals surface area contributed by atoms with E-state index in [0.717, 1.165) is 24.8 Å². The fourth-order valence-corrected chi connectivity index (χ4v) is 2.47. The predicted octanol–water partition coefficient (Wildman–Crippen LogP) is 2.88. The highest BCUT2D eigenvalue weighted by molar-refractivity contribution is 9.10. The Kier molecular flexibility index (Phi) is 2.91. The molecular weight excluding hydrogens is 268 g/mol. The molecule has 0 saturated carbocycles. The lowest BCUT2D eigenvalue weighted by Crippen LogP contribution is -2.27. The molecule has 0 atom stereocenters. The van der Waals surface area contributed by atoms with Crippen molar-refractivity contribution in [1.82, 2.24) is 4.57 Å². The molecule has 2 rings (SSSR count). The zero-order chi connectivity index (χ0) is 11.0. The normalized spacial score (nSPS) is 15.5. The molecule has 1 heterocycles. The third-order valence-corrected chi connectivity index (χ3v) is 3.26. The van der Waals surface area contributed by atoms with Crippen LogP contribution in [0, 0.1) is 0 Å². The summed E-state index contributed by atoms with van der Waals surface area (Å²) in [6.07, 6.45) is 3.23. The summed E-state index contributed by atoms with van der Waals surface area (Å²) >= 11 is 3.03. The molecule has 0 N–H and O–H groups in total. The summed E-state index contributed by atoms with van der Waals surface area (Å²) in [6, 6.07) is 1.68. The van der Waals surface area contributed by atoms with Gasteiger partial charge in [0.1, 0.15) is 0 Å². The summed E-state index contributed by atoms with van der Waals surface area (Å²) < 4.78 is 26.3. The van der Waals surface area contributed by atoms with E-state index < -0.39 is 12.1 Å². The quantitative estimate of drug-likeness (QED) is 0.774. The van der Waals surface area contributed by atoms with E-state index in [4.69, 9.17) is 0 Å². The van der Waals surface area contributed by atoms with Crippen molar-refractivity contribution < 1.29 is 8.78 Å². The van der Waals surface area contributed by atoms with Gasteiger partial charge in [0.05, 0.1) is 4.47 Å². The van der Waals surface area contributed by atoms with Gasteiger partial charge in [0.15, 0.2) is 0 Å². The van der Waals surface area contributed by atoms with Gasteiger partial charge in [0, 0.05) is 5.69 Å². The Labute approximate surface area is 94.0 Å². The molecule has 0 aromatic carbocycles. The van der Waals surface area contributed by atoms with Crippen LogP contribution in [0.1, 0.15) is 30.6 Å². The average Bonchev–Trinajstić information content (AvgIpc) is 2.19. The van der Waals surface area contributed by atoms with Crippen LogP contribution in [-0.4, -0.2) is 4.57 Å². The Bertz CT molecular complexity index is 442. The number of nitrogens with zero attached hydrogens (tertiary/aromatic N) is 1. The molecule has 1 aliphatic rings. The van der Waals surface area contributed by atoms with Crippen molar-refractivity contribution in [2.45, 2.75) is 32.2 Å². The molecule has 0 fully saturated rings. The fourth-order valence-electron chi connectivity index (χ4n) is 2.00.